The number of aryl methyl sites for hydroxylation is 1. The van der Waals surface area contributed by atoms with Gasteiger partial charge in [0.25, 0.3) is 0 Å². The molecule has 1 aromatic heterocycles. The Bertz CT molecular complexity index is 426. The van der Waals surface area contributed by atoms with E-state index in [4.69, 9.17) is 9.47 Å². The van der Waals surface area contributed by atoms with Gasteiger partial charge in [0.15, 0.2) is 0 Å². The van der Waals surface area contributed by atoms with Gasteiger partial charge in [0.2, 0.25) is 0 Å². The van der Waals surface area contributed by atoms with Crippen LogP contribution < -0.4 is 0 Å². The second kappa shape index (κ2) is 5.19. The van der Waals surface area contributed by atoms with E-state index < -0.39 is 6.10 Å². The summed E-state index contributed by atoms with van der Waals surface area (Å²) in [7, 11) is 0. The van der Waals surface area contributed by atoms with Crippen molar-refractivity contribution >= 4 is 0 Å². The standard InChI is InChI=1S/C15H21NO3/c1-11-2-3-13(16-9-11)14(17)12-4-6-19-15(8-12)5-7-18-10-15/h2-3,9,12,14,17H,4-8,10H2,1H3. The molecule has 3 atom stereocenters. The van der Waals surface area contributed by atoms with Crippen LogP contribution >= 0.6 is 0 Å². The van der Waals surface area contributed by atoms with Crippen molar-refractivity contribution in [3.8, 4) is 0 Å². The number of ether oxygens (including phenoxy) is 2. The number of nitrogens with zero attached hydrogens (tertiary/aromatic N) is 1. The lowest BCUT2D eigenvalue weighted by molar-refractivity contribution is -0.117. The molecule has 4 nitrogen and oxygen atoms in total. The van der Waals surface area contributed by atoms with Crippen molar-refractivity contribution in [3.63, 3.8) is 0 Å². The van der Waals surface area contributed by atoms with Crippen molar-refractivity contribution in [2.24, 2.45) is 5.92 Å². The molecule has 0 aliphatic carbocycles. The molecule has 19 heavy (non-hydrogen) atoms. The largest absolute Gasteiger partial charge is 0.387 e. The molecule has 2 aliphatic rings. The summed E-state index contributed by atoms with van der Waals surface area (Å²) in [5, 5.41) is 10.5. The van der Waals surface area contributed by atoms with Crippen molar-refractivity contribution in [1.82, 2.24) is 4.98 Å². The summed E-state index contributed by atoms with van der Waals surface area (Å²) >= 11 is 0. The Morgan fingerprint density at radius 3 is 3.00 bits per heavy atom. The van der Waals surface area contributed by atoms with Crippen LogP contribution in [0.15, 0.2) is 18.3 Å². The van der Waals surface area contributed by atoms with Gasteiger partial charge in [-0.3, -0.25) is 4.98 Å². The molecule has 0 amide bonds. The van der Waals surface area contributed by atoms with Crippen LogP contribution in [0.1, 0.15) is 36.6 Å². The lowest BCUT2D eigenvalue weighted by Crippen LogP contribution is -2.42. The quantitative estimate of drug-likeness (QED) is 0.886. The summed E-state index contributed by atoms with van der Waals surface area (Å²) in [5.74, 6) is 0.214. The first-order chi connectivity index (χ1) is 9.19. The number of pyridine rings is 1. The Kier molecular flexibility index (Phi) is 3.56. The fraction of sp³-hybridized carbons (Fsp3) is 0.667. The van der Waals surface area contributed by atoms with E-state index >= 15 is 0 Å². The zero-order valence-corrected chi connectivity index (χ0v) is 11.3. The predicted octanol–water partition coefficient (Wildman–Crippen LogP) is 2.01. The minimum atomic E-state index is -0.498. The maximum absolute atomic E-state index is 10.5. The van der Waals surface area contributed by atoms with Gasteiger partial charge < -0.3 is 14.6 Å². The second-order valence-corrected chi connectivity index (χ2v) is 5.79. The average Bonchev–Trinajstić information content (AvgIpc) is 2.87. The molecule has 0 radical (unpaired) electrons. The first-order valence-electron chi connectivity index (χ1n) is 7.01. The third-order valence-electron chi connectivity index (χ3n) is 4.28. The molecule has 4 heteroatoms. The number of rotatable bonds is 2. The summed E-state index contributed by atoms with van der Waals surface area (Å²) < 4.78 is 11.4. The van der Waals surface area contributed by atoms with Crippen molar-refractivity contribution in [3.05, 3.63) is 29.6 Å². The molecule has 0 bridgehead atoms. The smallest absolute Gasteiger partial charge is 0.0989 e. The van der Waals surface area contributed by atoms with E-state index in [-0.39, 0.29) is 11.5 Å². The zero-order chi connectivity index (χ0) is 13.3. The first kappa shape index (κ1) is 13.0. The Morgan fingerprint density at radius 1 is 1.42 bits per heavy atom. The van der Waals surface area contributed by atoms with E-state index in [9.17, 15) is 5.11 Å². The molecule has 2 saturated heterocycles. The summed E-state index contributed by atoms with van der Waals surface area (Å²) in [6.07, 6.45) is 4.01. The summed E-state index contributed by atoms with van der Waals surface area (Å²) in [6, 6.07) is 3.92. The summed E-state index contributed by atoms with van der Waals surface area (Å²) in [6.45, 7) is 4.14. The van der Waals surface area contributed by atoms with Crippen LogP contribution in [0.4, 0.5) is 0 Å². The molecule has 2 fully saturated rings. The van der Waals surface area contributed by atoms with Crippen LogP contribution in [0.5, 0.6) is 0 Å². The first-order valence-corrected chi connectivity index (χ1v) is 7.01. The molecule has 3 heterocycles. The van der Waals surface area contributed by atoms with Gasteiger partial charge in [-0.25, -0.2) is 0 Å². The van der Waals surface area contributed by atoms with E-state index in [0.29, 0.717) is 13.2 Å². The predicted molar refractivity (Wildman–Crippen MR) is 70.8 cm³/mol. The monoisotopic (exact) mass is 263 g/mol. The Morgan fingerprint density at radius 2 is 2.32 bits per heavy atom. The molecule has 0 saturated carbocycles. The van der Waals surface area contributed by atoms with Gasteiger partial charge in [0, 0.05) is 25.8 Å². The van der Waals surface area contributed by atoms with Gasteiger partial charge in [-0.05, 0) is 37.3 Å². The molecule has 104 valence electrons. The van der Waals surface area contributed by atoms with Crippen LogP contribution in [0.25, 0.3) is 0 Å². The van der Waals surface area contributed by atoms with Crippen LogP contribution in [-0.4, -0.2) is 35.5 Å². The van der Waals surface area contributed by atoms with Crippen molar-refractivity contribution < 1.29 is 14.6 Å². The molecular formula is C15H21NO3. The number of hydrogen-bond acceptors (Lipinski definition) is 4. The van der Waals surface area contributed by atoms with Gasteiger partial charge in [-0.1, -0.05) is 6.07 Å². The highest BCUT2D eigenvalue weighted by Gasteiger charge is 2.43. The zero-order valence-electron chi connectivity index (χ0n) is 11.3. The molecule has 3 unspecified atom stereocenters. The van der Waals surface area contributed by atoms with Crippen molar-refractivity contribution in [2.45, 2.75) is 37.9 Å². The third-order valence-corrected chi connectivity index (χ3v) is 4.28. The number of aliphatic hydroxyl groups excluding tert-OH is 1. The number of aromatic nitrogens is 1. The summed E-state index contributed by atoms with van der Waals surface area (Å²) in [5.41, 5.74) is 1.73. The van der Waals surface area contributed by atoms with Gasteiger partial charge in [-0.15, -0.1) is 0 Å². The Balaban J connectivity index is 1.72. The van der Waals surface area contributed by atoms with Crippen LogP contribution in [-0.2, 0) is 9.47 Å². The molecule has 1 N–H and O–H groups in total. The number of aliphatic hydroxyl groups is 1. The Hall–Kier alpha value is -0.970. The summed E-state index contributed by atoms with van der Waals surface area (Å²) in [4.78, 5) is 4.35. The van der Waals surface area contributed by atoms with Gasteiger partial charge in [0.1, 0.15) is 0 Å². The van der Waals surface area contributed by atoms with Crippen LogP contribution in [0, 0.1) is 12.8 Å². The molecular weight excluding hydrogens is 242 g/mol. The van der Waals surface area contributed by atoms with Crippen molar-refractivity contribution in [1.29, 1.82) is 0 Å². The normalized spacial score (nSPS) is 32.6. The molecule has 1 aromatic rings. The maximum atomic E-state index is 10.5. The molecule has 3 rings (SSSR count). The highest BCUT2D eigenvalue weighted by molar-refractivity contribution is 5.15. The Labute approximate surface area is 113 Å². The SMILES string of the molecule is Cc1ccc(C(O)C2CCOC3(CCOC3)C2)nc1. The topological polar surface area (TPSA) is 51.6 Å². The molecule has 1 spiro atoms. The minimum Gasteiger partial charge on any atom is -0.387 e. The van der Waals surface area contributed by atoms with Gasteiger partial charge >= 0.3 is 0 Å². The van der Waals surface area contributed by atoms with Crippen LogP contribution in [0.2, 0.25) is 0 Å². The fourth-order valence-electron chi connectivity index (χ4n) is 3.09. The highest BCUT2D eigenvalue weighted by Crippen LogP contribution is 2.40. The average molecular weight is 263 g/mol. The highest BCUT2D eigenvalue weighted by atomic mass is 16.6. The minimum absolute atomic E-state index is 0.158. The van der Waals surface area contributed by atoms with E-state index in [1.165, 1.54) is 0 Å². The molecule has 0 aromatic carbocycles. The lowest BCUT2D eigenvalue weighted by Gasteiger charge is -2.38. The van der Waals surface area contributed by atoms with Crippen LogP contribution in [0.3, 0.4) is 0 Å². The lowest BCUT2D eigenvalue weighted by atomic mass is 9.81. The second-order valence-electron chi connectivity index (χ2n) is 5.79. The molecule has 2 aliphatic heterocycles. The van der Waals surface area contributed by atoms with Gasteiger partial charge in [-0.2, -0.15) is 0 Å². The third kappa shape index (κ3) is 2.66. The maximum Gasteiger partial charge on any atom is 0.0989 e. The fourth-order valence-corrected chi connectivity index (χ4v) is 3.09. The van der Waals surface area contributed by atoms with E-state index in [1.807, 2.05) is 25.3 Å². The van der Waals surface area contributed by atoms with E-state index in [2.05, 4.69) is 4.98 Å². The number of hydrogen-bond donors (Lipinski definition) is 1. The van der Waals surface area contributed by atoms with Crippen molar-refractivity contribution in [2.75, 3.05) is 19.8 Å². The van der Waals surface area contributed by atoms with E-state index in [1.54, 1.807) is 0 Å². The van der Waals surface area contributed by atoms with Gasteiger partial charge in [0.05, 0.1) is 24.0 Å². The van der Waals surface area contributed by atoms with E-state index in [0.717, 1.165) is 37.1 Å².